The Hall–Kier alpha value is -2.83. The van der Waals surface area contributed by atoms with Crippen LogP contribution in [0.4, 0.5) is 13.2 Å². The number of carbonyl (C=O) groups excluding carboxylic acids is 1. The van der Waals surface area contributed by atoms with Crippen molar-refractivity contribution in [2.45, 2.75) is 24.1 Å². The summed E-state index contributed by atoms with van der Waals surface area (Å²) in [7, 11) is 0. The van der Waals surface area contributed by atoms with Gasteiger partial charge in [0.1, 0.15) is 17.5 Å². The molecule has 1 amide bonds. The first-order valence-corrected chi connectivity index (χ1v) is 13.3. The largest absolute Gasteiger partial charge is 0.433 e. The number of fused-ring (bicyclic) bond motifs is 1. The molecular formula is C26H21Cl2F3N4O3S. The van der Waals surface area contributed by atoms with Crippen LogP contribution < -0.4 is 0 Å². The van der Waals surface area contributed by atoms with E-state index in [-0.39, 0.29) is 32.6 Å². The summed E-state index contributed by atoms with van der Waals surface area (Å²) in [5, 5.41) is 11.9. The van der Waals surface area contributed by atoms with Crippen molar-refractivity contribution in [3.05, 3.63) is 86.9 Å². The SMILES string of the molecule is Cc1cc(C(F)(F)F)nc2c1cc(C(O)c1c(Cl)cnc(C(=O)N3CCOCC3)c1Cl)n2Sc1ccccc1. The van der Waals surface area contributed by atoms with Crippen molar-refractivity contribution >= 4 is 52.1 Å². The van der Waals surface area contributed by atoms with E-state index in [1.807, 2.05) is 0 Å². The van der Waals surface area contributed by atoms with Crippen LogP contribution in [0.15, 0.2) is 53.6 Å². The molecule has 1 aliphatic heterocycles. The zero-order valence-corrected chi connectivity index (χ0v) is 22.7. The molecule has 1 aromatic carbocycles. The van der Waals surface area contributed by atoms with Crippen LogP contribution in [-0.2, 0) is 10.9 Å². The maximum atomic E-state index is 13.7. The molecule has 5 rings (SSSR count). The summed E-state index contributed by atoms with van der Waals surface area (Å²) in [5.41, 5.74) is -0.631. The molecule has 0 radical (unpaired) electrons. The van der Waals surface area contributed by atoms with Gasteiger partial charge in [0.15, 0.2) is 5.65 Å². The second kappa shape index (κ2) is 11.0. The summed E-state index contributed by atoms with van der Waals surface area (Å²) < 4.78 is 47.7. The minimum Gasteiger partial charge on any atom is -0.382 e. The van der Waals surface area contributed by atoms with E-state index in [2.05, 4.69) is 9.97 Å². The first-order chi connectivity index (χ1) is 18.6. The third-order valence-corrected chi connectivity index (χ3v) is 7.99. The minimum absolute atomic E-state index is 0.00629. The number of halogens is 5. The van der Waals surface area contributed by atoms with Gasteiger partial charge in [0, 0.05) is 35.1 Å². The molecule has 4 aromatic rings. The fourth-order valence-electron chi connectivity index (χ4n) is 4.29. The van der Waals surface area contributed by atoms with Crippen LogP contribution >= 0.6 is 35.1 Å². The first kappa shape index (κ1) is 27.7. The summed E-state index contributed by atoms with van der Waals surface area (Å²) in [4.78, 5) is 23.4. The molecule has 1 fully saturated rings. The number of aliphatic hydroxyl groups excluding tert-OH is 1. The Morgan fingerprint density at radius 3 is 2.51 bits per heavy atom. The van der Waals surface area contributed by atoms with Gasteiger partial charge < -0.3 is 14.7 Å². The number of benzene rings is 1. The van der Waals surface area contributed by atoms with E-state index in [4.69, 9.17) is 27.9 Å². The maximum absolute atomic E-state index is 13.7. The molecule has 204 valence electrons. The van der Waals surface area contributed by atoms with Crippen LogP contribution in [0.5, 0.6) is 0 Å². The topological polar surface area (TPSA) is 80.5 Å². The Bertz CT molecular complexity index is 1540. The van der Waals surface area contributed by atoms with Crippen LogP contribution in [0.2, 0.25) is 10.0 Å². The van der Waals surface area contributed by atoms with Crippen molar-refractivity contribution in [2.24, 2.45) is 0 Å². The fourth-order valence-corrected chi connectivity index (χ4v) is 5.89. The van der Waals surface area contributed by atoms with Crippen LogP contribution in [0, 0.1) is 6.92 Å². The van der Waals surface area contributed by atoms with Gasteiger partial charge in [-0.1, -0.05) is 41.4 Å². The highest BCUT2D eigenvalue weighted by atomic mass is 35.5. The number of morpholine rings is 1. The summed E-state index contributed by atoms with van der Waals surface area (Å²) in [6, 6.07) is 11.4. The Balaban J connectivity index is 1.66. The molecule has 0 saturated carbocycles. The Morgan fingerprint density at radius 1 is 1.15 bits per heavy atom. The predicted octanol–water partition coefficient (Wildman–Crippen LogP) is 6.17. The normalized spacial score (nSPS) is 15.1. The lowest BCUT2D eigenvalue weighted by Crippen LogP contribution is -2.41. The second-order valence-electron chi connectivity index (χ2n) is 8.82. The molecule has 1 N–H and O–H groups in total. The Morgan fingerprint density at radius 2 is 1.85 bits per heavy atom. The van der Waals surface area contributed by atoms with E-state index in [1.165, 1.54) is 15.1 Å². The number of aryl methyl sites for hydroxylation is 1. The number of rotatable bonds is 5. The van der Waals surface area contributed by atoms with E-state index >= 15 is 0 Å². The van der Waals surface area contributed by atoms with E-state index in [9.17, 15) is 23.1 Å². The van der Waals surface area contributed by atoms with Gasteiger partial charge in [-0.05, 0) is 48.7 Å². The number of pyridine rings is 2. The van der Waals surface area contributed by atoms with Gasteiger partial charge in [0.2, 0.25) is 0 Å². The molecule has 13 heteroatoms. The molecule has 1 saturated heterocycles. The summed E-state index contributed by atoms with van der Waals surface area (Å²) in [6.45, 7) is 2.99. The molecule has 3 aromatic heterocycles. The molecule has 0 aliphatic carbocycles. The third-order valence-electron chi connectivity index (χ3n) is 6.26. The van der Waals surface area contributed by atoms with Crippen LogP contribution in [0.3, 0.4) is 0 Å². The van der Waals surface area contributed by atoms with Gasteiger partial charge in [-0.3, -0.25) is 8.77 Å². The van der Waals surface area contributed by atoms with E-state index in [1.54, 1.807) is 43.3 Å². The molecule has 7 nitrogen and oxygen atoms in total. The molecule has 4 heterocycles. The second-order valence-corrected chi connectivity index (χ2v) is 10.6. The summed E-state index contributed by atoms with van der Waals surface area (Å²) >= 11 is 14.1. The van der Waals surface area contributed by atoms with Crippen molar-refractivity contribution in [1.82, 2.24) is 18.8 Å². The number of carbonyl (C=O) groups is 1. The molecule has 0 spiro atoms. The lowest BCUT2D eigenvalue weighted by molar-refractivity contribution is -0.141. The van der Waals surface area contributed by atoms with Crippen LogP contribution in [0.25, 0.3) is 11.0 Å². The van der Waals surface area contributed by atoms with Crippen LogP contribution in [-0.4, -0.2) is 56.2 Å². The van der Waals surface area contributed by atoms with Crippen molar-refractivity contribution < 1.29 is 27.8 Å². The molecule has 1 atom stereocenters. The van der Waals surface area contributed by atoms with Crippen molar-refractivity contribution in [2.75, 3.05) is 26.3 Å². The van der Waals surface area contributed by atoms with Gasteiger partial charge in [-0.15, -0.1) is 0 Å². The number of hydrogen-bond donors (Lipinski definition) is 1. The third kappa shape index (κ3) is 5.46. The highest BCUT2D eigenvalue weighted by molar-refractivity contribution is 7.98. The van der Waals surface area contributed by atoms with Gasteiger partial charge in [0.25, 0.3) is 5.91 Å². The number of nitrogens with zero attached hydrogens (tertiary/aromatic N) is 4. The van der Waals surface area contributed by atoms with Gasteiger partial charge in [-0.2, -0.15) is 13.2 Å². The van der Waals surface area contributed by atoms with Crippen molar-refractivity contribution in [3.8, 4) is 0 Å². The number of aliphatic hydroxyl groups is 1. The van der Waals surface area contributed by atoms with Gasteiger partial charge in [-0.25, -0.2) is 9.97 Å². The molecule has 1 aliphatic rings. The average molecular weight is 597 g/mol. The molecule has 1 unspecified atom stereocenters. The molecule has 39 heavy (non-hydrogen) atoms. The number of amides is 1. The number of alkyl halides is 3. The van der Waals surface area contributed by atoms with Gasteiger partial charge >= 0.3 is 6.18 Å². The van der Waals surface area contributed by atoms with E-state index < -0.39 is 23.9 Å². The number of aromatic nitrogens is 3. The monoisotopic (exact) mass is 596 g/mol. The van der Waals surface area contributed by atoms with Gasteiger partial charge in [0.05, 0.1) is 29.0 Å². The van der Waals surface area contributed by atoms with Crippen LogP contribution in [0.1, 0.15) is 39.1 Å². The zero-order valence-electron chi connectivity index (χ0n) is 20.4. The molecular weight excluding hydrogens is 576 g/mol. The van der Waals surface area contributed by atoms with Crippen molar-refractivity contribution in [3.63, 3.8) is 0 Å². The lowest BCUT2D eigenvalue weighted by atomic mass is 10.1. The summed E-state index contributed by atoms with van der Waals surface area (Å²) in [5.74, 6) is -0.444. The average Bonchev–Trinajstić information content (AvgIpc) is 3.28. The standard InChI is InChI=1S/C26H21Cl2F3N4O3S/c1-14-11-19(26(29,30)31)33-24-16(14)12-18(35(24)39-15-5-3-2-4-6-15)23(36)20-17(27)13-32-22(21(20)28)25(37)34-7-9-38-10-8-34/h2-6,11-13,23,36H,7-10H2,1H3. The molecule has 0 bridgehead atoms. The quantitative estimate of drug-likeness (QED) is 0.296. The smallest absolute Gasteiger partial charge is 0.382 e. The Kier molecular flexibility index (Phi) is 7.80. The number of ether oxygens (including phenoxy) is 1. The van der Waals surface area contributed by atoms with E-state index in [0.717, 1.165) is 18.0 Å². The maximum Gasteiger partial charge on any atom is 0.433 e. The lowest BCUT2D eigenvalue weighted by Gasteiger charge is -2.27. The predicted molar refractivity (Wildman–Crippen MR) is 142 cm³/mol. The Labute approximate surface area is 235 Å². The number of hydrogen-bond acceptors (Lipinski definition) is 6. The minimum atomic E-state index is -4.67. The highest BCUT2D eigenvalue weighted by Crippen LogP contribution is 2.41. The van der Waals surface area contributed by atoms with Crippen molar-refractivity contribution in [1.29, 1.82) is 0 Å². The zero-order chi connectivity index (χ0) is 27.9. The van der Waals surface area contributed by atoms with E-state index in [0.29, 0.717) is 42.1 Å². The fraction of sp³-hybridized carbons (Fsp3) is 0.269. The highest BCUT2D eigenvalue weighted by Gasteiger charge is 2.35. The summed E-state index contributed by atoms with van der Waals surface area (Å²) in [6.07, 6.45) is -4.97. The first-order valence-electron chi connectivity index (χ1n) is 11.8.